The first kappa shape index (κ1) is 19.1. The number of carbonyl (C=O) groups is 1. The summed E-state index contributed by atoms with van der Waals surface area (Å²) in [4.78, 5) is 25.2. The molecule has 0 saturated heterocycles. The zero-order chi connectivity index (χ0) is 20.2. The summed E-state index contributed by atoms with van der Waals surface area (Å²) >= 11 is 3.38. The molecule has 0 aliphatic carbocycles. The molecular weight excluding hydrogens is 430 g/mol. The standard InChI is InChI=1S/C23H18BrN3O2/c24-17-9-6-10-18(15-17)25-21(28)13-14-27-23(29)20-12-5-4-11-19(20)22(26-27)16-7-2-1-3-8-16/h1-12,15H,13-14H2,(H,25,28). The summed E-state index contributed by atoms with van der Waals surface area (Å²) in [6.45, 7) is 0.198. The third-order valence-electron chi connectivity index (χ3n) is 4.57. The molecule has 6 heteroatoms. The third-order valence-corrected chi connectivity index (χ3v) is 5.07. The Kier molecular flexibility index (Phi) is 5.53. The minimum atomic E-state index is -0.199. The molecule has 3 aromatic carbocycles. The summed E-state index contributed by atoms with van der Waals surface area (Å²) in [6.07, 6.45) is 0.145. The van der Waals surface area contributed by atoms with Crippen molar-refractivity contribution in [1.82, 2.24) is 9.78 Å². The highest BCUT2D eigenvalue weighted by molar-refractivity contribution is 9.10. The largest absolute Gasteiger partial charge is 0.326 e. The van der Waals surface area contributed by atoms with Gasteiger partial charge in [-0.3, -0.25) is 9.59 Å². The van der Waals surface area contributed by atoms with Gasteiger partial charge in [-0.05, 0) is 24.3 Å². The molecule has 0 saturated carbocycles. The van der Waals surface area contributed by atoms with Gasteiger partial charge < -0.3 is 5.32 Å². The zero-order valence-corrected chi connectivity index (χ0v) is 17.1. The van der Waals surface area contributed by atoms with Crippen LogP contribution in [0.25, 0.3) is 22.0 Å². The Labute approximate surface area is 176 Å². The van der Waals surface area contributed by atoms with Gasteiger partial charge in [0.1, 0.15) is 0 Å². The second kappa shape index (κ2) is 8.41. The van der Waals surface area contributed by atoms with Crippen molar-refractivity contribution in [2.45, 2.75) is 13.0 Å². The van der Waals surface area contributed by atoms with Crippen LogP contribution in [0.5, 0.6) is 0 Å². The Bertz CT molecular complexity index is 1240. The summed E-state index contributed by atoms with van der Waals surface area (Å²) in [5.74, 6) is -0.175. The van der Waals surface area contributed by atoms with Crippen LogP contribution >= 0.6 is 15.9 Å². The van der Waals surface area contributed by atoms with E-state index in [1.54, 1.807) is 6.07 Å². The smallest absolute Gasteiger partial charge is 0.274 e. The fourth-order valence-corrected chi connectivity index (χ4v) is 3.59. The van der Waals surface area contributed by atoms with Gasteiger partial charge in [0, 0.05) is 27.5 Å². The summed E-state index contributed by atoms with van der Waals surface area (Å²) in [5.41, 5.74) is 2.16. The molecule has 0 fully saturated rings. The first-order chi connectivity index (χ1) is 14.1. The van der Waals surface area contributed by atoms with E-state index in [2.05, 4.69) is 26.3 Å². The zero-order valence-electron chi connectivity index (χ0n) is 15.5. The highest BCUT2D eigenvalue weighted by atomic mass is 79.9. The van der Waals surface area contributed by atoms with Gasteiger partial charge in [0.05, 0.1) is 17.6 Å². The molecule has 144 valence electrons. The molecule has 4 aromatic rings. The lowest BCUT2D eigenvalue weighted by Gasteiger charge is -2.11. The Morgan fingerprint density at radius 3 is 2.41 bits per heavy atom. The second-order valence-electron chi connectivity index (χ2n) is 6.60. The molecular formula is C23H18BrN3O2. The van der Waals surface area contributed by atoms with Crippen molar-refractivity contribution in [3.05, 3.63) is 93.7 Å². The SMILES string of the molecule is O=C(CCn1nc(-c2ccccc2)c2ccccc2c1=O)Nc1cccc(Br)c1. The molecule has 0 aliphatic rings. The monoisotopic (exact) mass is 447 g/mol. The van der Waals surface area contributed by atoms with E-state index in [9.17, 15) is 9.59 Å². The number of nitrogens with one attached hydrogen (secondary N) is 1. The van der Waals surface area contributed by atoms with E-state index in [4.69, 9.17) is 0 Å². The Morgan fingerprint density at radius 2 is 1.66 bits per heavy atom. The molecule has 4 rings (SSSR count). The van der Waals surface area contributed by atoms with Crippen molar-refractivity contribution in [1.29, 1.82) is 0 Å². The van der Waals surface area contributed by atoms with Gasteiger partial charge in [-0.25, -0.2) is 4.68 Å². The minimum absolute atomic E-state index is 0.145. The number of fused-ring (bicyclic) bond motifs is 1. The van der Waals surface area contributed by atoms with Crippen molar-refractivity contribution >= 4 is 38.3 Å². The van der Waals surface area contributed by atoms with E-state index in [0.717, 1.165) is 21.1 Å². The van der Waals surface area contributed by atoms with Crippen molar-refractivity contribution in [3.8, 4) is 11.3 Å². The van der Waals surface area contributed by atoms with Crippen LogP contribution in [0.2, 0.25) is 0 Å². The summed E-state index contributed by atoms with van der Waals surface area (Å²) in [5, 5.41) is 8.82. The van der Waals surface area contributed by atoms with E-state index < -0.39 is 0 Å². The number of rotatable bonds is 5. The number of carbonyl (C=O) groups excluding carboxylic acids is 1. The van der Waals surface area contributed by atoms with E-state index in [1.165, 1.54) is 4.68 Å². The number of nitrogens with zero attached hydrogens (tertiary/aromatic N) is 2. The molecule has 0 bridgehead atoms. The van der Waals surface area contributed by atoms with E-state index in [1.807, 2.05) is 72.8 Å². The van der Waals surface area contributed by atoms with Gasteiger partial charge in [-0.1, -0.05) is 70.5 Å². The maximum atomic E-state index is 12.9. The fourth-order valence-electron chi connectivity index (χ4n) is 3.19. The maximum Gasteiger partial charge on any atom is 0.274 e. The van der Waals surface area contributed by atoms with Crippen LogP contribution < -0.4 is 10.9 Å². The van der Waals surface area contributed by atoms with Crippen LogP contribution in [0.15, 0.2) is 88.1 Å². The number of anilines is 1. The Morgan fingerprint density at radius 1 is 0.931 bits per heavy atom. The van der Waals surface area contributed by atoms with Gasteiger partial charge in [-0.15, -0.1) is 0 Å². The van der Waals surface area contributed by atoms with Crippen LogP contribution in [0, 0.1) is 0 Å². The van der Waals surface area contributed by atoms with Gasteiger partial charge in [0.25, 0.3) is 5.56 Å². The highest BCUT2D eigenvalue weighted by Gasteiger charge is 2.13. The van der Waals surface area contributed by atoms with E-state index >= 15 is 0 Å². The van der Waals surface area contributed by atoms with Crippen LogP contribution in [0.3, 0.4) is 0 Å². The summed E-state index contributed by atoms with van der Waals surface area (Å²) in [6, 6.07) is 24.5. The number of hydrogen-bond donors (Lipinski definition) is 1. The van der Waals surface area contributed by atoms with Crippen LogP contribution in [-0.2, 0) is 11.3 Å². The molecule has 1 heterocycles. The topological polar surface area (TPSA) is 64.0 Å². The van der Waals surface area contributed by atoms with Crippen LogP contribution in [0.4, 0.5) is 5.69 Å². The van der Waals surface area contributed by atoms with Crippen molar-refractivity contribution < 1.29 is 4.79 Å². The summed E-state index contributed by atoms with van der Waals surface area (Å²) < 4.78 is 2.26. The Hall–Kier alpha value is -3.25. The molecule has 1 amide bonds. The van der Waals surface area contributed by atoms with Crippen LogP contribution in [-0.4, -0.2) is 15.7 Å². The summed E-state index contributed by atoms with van der Waals surface area (Å²) in [7, 11) is 0. The van der Waals surface area contributed by atoms with E-state index in [-0.39, 0.29) is 24.4 Å². The average molecular weight is 448 g/mol. The van der Waals surface area contributed by atoms with Gasteiger partial charge >= 0.3 is 0 Å². The second-order valence-corrected chi connectivity index (χ2v) is 7.51. The van der Waals surface area contributed by atoms with Gasteiger partial charge in [-0.2, -0.15) is 5.10 Å². The Balaban J connectivity index is 1.63. The lowest BCUT2D eigenvalue weighted by molar-refractivity contribution is -0.116. The van der Waals surface area contributed by atoms with E-state index in [0.29, 0.717) is 11.1 Å². The number of amides is 1. The number of aromatic nitrogens is 2. The first-order valence-electron chi connectivity index (χ1n) is 9.22. The predicted molar refractivity (Wildman–Crippen MR) is 119 cm³/mol. The number of benzene rings is 3. The molecule has 0 radical (unpaired) electrons. The van der Waals surface area contributed by atoms with Crippen molar-refractivity contribution in [2.75, 3.05) is 5.32 Å². The number of aryl methyl sites for hydroxylation is 1. The lowest BCUT2D eigenvalue weighted by Crippen LogP contribution is -2.26. The molecule has 0 spiro atoms. The molecule has 0 aliphatic heterocycles. The molecule has 1 N–H and O–H groups in total. The van der Waals surface area contributed by atoms with Gasteiger partial charge in [0.2, 0.25) is 5.91 Å². The first-order valence-corrected chi connectivity index (χ1v) is 10.0. The number of hydrogen-bond acceptors (Lipinski definition) is 3. The molecule has 1 aromatic heterocycles. The van der Waals surface area contributed by atoms with Crippen LogP contribution in [0.1, 0.15) is 6.42 Å². The van der Waals surface area contributed by atoms with Crippen molar-refractivity contribution in [3.63, 3.8) is 0 Å². The molecule has 5 nitrogen and oxygen atoms in total. The predicted octanol–water partition coefficient (Wildman–Crippen LogP) is 4.85. The van der Waals surface area contributed by atoms with Crippen molar-refractivity contribution in [2.24, 2.45) is 0 Å². The molecule has 29 heavy (non-hydrogen) atoms. The lowest BCUT2D eigenvalue weighted by atomic mass is 10.1. The quantitative estimate of drug-likeness (QED) is 0.475. The molecule has 0 atom stereocenters. The maximum absolute atomic E-state index is 12.9. The molecule has 0 unspecified atom stereocenters. The highest BCUT2D eigenvalue weighted by Crippen LogP contribution is 2.24. The normalized spacial score (nSPS) is 10.8. The number of halogens is 1. The third kappa shape index (κ3) is 4.27. The minimum Gasteiger partial charge on any atom is -0.326 e. The average Bonchev–Trinajstić information content (AvgIpc) is 2.74. The fraction of sp³-hybridized carbons (Fsp3) is 0.0870. The van der Waals surface area contributed by atoms with Gasteiger partial charge in [0.15, 0.2) is 0 Å².